The van der Waals surface area contributed by atoms with E-state index in [0.717, 1.165) is 5.56 Å². The van der Waals surface area contributed by atoms with E-state index < -0.39 is 5.97 Å². The molecule has 4 nitrogen and oxygen atoms in total. The lowest BCUT2D eigenvalue weighted by Gasteiger charge is -2.01. The van der Waals surface area contributed by atoms with Crippen molar-refractivity contribution in [3.05, 3.63) is 41.1 Å². The average molecular weight is 193 g/mol. The Morgan fingerprint density at radius 1 is 1.43 bits per heavy atom. The molecule has 0 unspecified atom stereocenters. The van der Waals surface area contributed by atoms with Gasteiger partial charge in [0, 0.05) is 5.56 Å². The van der Waals surface area contributed by atoms with Crippen molar-refractivity contribution in [2.45, 2.75) is 6.42 Å². The number of carboxylic acid groups (broad SMARTS) is 1. The largest absolute Gasteiger partial charge is 0.624 e. The lowest BCUT2D eigenvalue weighted by Crippen LogP contribution is -2.11. The smallest absolute Gasteiger partial charge is 0.309 e. The Labute approximate surface area is 81.7 Å². The third-order valence-electron chi connectivity index (χ3n) is 1.64. The maximum absolute atomic E-state index is 11.1. The quantitative estimate of drug-likeness (QED) is 0.337. The Bertz CT molecular complexity index is 332. The van der Waals surface area contributed by atoms with E-state index >= 15 is 0 Å². The molecule has 1 aromatic carbocycles. The number of hydrogen-bond donors (Lipinski definition) is 1. The molecule has 0 aliphatic rings. The van der Waals surface area contributed by atoms with Crippen molar-refractivity contribution in [3.63, 3.8) is 0 Å². The molecule has 0 spiro atoms. The number of hydrogen-bond acceptors (Lipinski definition) is 2. The molecule has 0 heterocycles. The van der Waals surface area contributed by atoms with Gasteiger partial charge < -0.3 is 10.3 Å². The van der Waals surface area contributed by atoms with Crippen LogP contribution >= 0.6 is 0 Å². The van der Waals surface area contributed by atoms with Gasteiger partial charge in [0.2, 0.25) is 0 Å². The number of rotatable bonds is 4. The predicted octanol–water partition coefficient (Wildman–Crippen LogP) is 1.09. The van der Waals surface area contributed by atoms with E-state index in [0.29, 0.717) is 4.74 Å². The van der Waals surface area contributed by atoms with Crippen molar-refractivity contribution in [1.29, 1.82) is 0 Å². The van der Waals surface area contributed by atoms with Crippen molar-refractivity contribution in [2.24, 2.45) is 0 Å². The summed E-state index contributed by atoms with van der Waals surface area (Å²) < 4.78 is 0.628. The Kier molecular flexibility index (Phi) is 3.67. The second kappa shape index (κ2) is 5.01. The number of nitrogens with zero attached hydrogens (tertiary/aromatic N) is 1. The number of aliphatic carboxylic acids is 1. The summed E-state index contributed by atoms with van der Waals surface area (Å²) >= 11 is 0. The van der Waals surface area contributed by atoms with E-state index in [2.05, 4.69) is 0 Å². The topological polar surface area (TPSA) is 63.4 Å². The Morgan fingerprint density at radius 3 is 2.64 bits per heavy atom. The normalized spacial score (nSPS) is 11.3. The maximum Gasteiger partial charge on any atom is 0.309 e. The highest BCUT2D eigenvalue weighted by atomic mass is 16.5. The summed E-state index contributed by atoms with van der Waals surface area (Å²) in [5.41, 5.74) is 0.771. The first-order valence-corrected chi connectivity index (χ1v) is 4.24. The summed E-state index contributed by atoms with van der Waals surface area (Å²) in [6, 6.07) is 9.05. The molecule has 0 radical (unpaired) electrons. The van der Waals surface area contributed by atoms with Crippen molar-refractivity contribution >= 4 is 12.2 Å². The molecule has 0 saturated carbocycles. The number of carbonyl (C=O) groups is 1. The van der Waals surface area contributed by atoms with Gasteiger partial charge in [-0.25, -0.2) is 4.74 Å². The van der Waals surface area contributed by atoms with Crippen LogP contribution in [0.1, 0.15) is 12.0 Å². The van der Waals surface area contributed by atoms with Gasteiger partial charge in [-0.05, 0) is 12.1 Å². The first-order valence-electron chi connectivity index (χ1n) is 4.24. The fraction of sp³-hybridized carbons (Fsp3) is 0.200. The van der Waals surface area contributed by atoms with Crippen LogP contribution in [0.15, 0.2) is 30.3 Å². The molecule has 1 rings (SSSR count). The van der Waals surface area contributed by atoms with Crippen molar-refractivity contribution in [2.75, 3.05) is 6.54 Å². The van der Waals surface area contributed by atoms with Crippen molar-refractivity contribution in [1.82, 2.24) is 0 Å². The van der Waals surface area contributed by atoms with Gasteiger partial charge in [0.15, 0.2) is 12.8 Å². The predicted molar refractivity (Wildman–Crippen MR) is 52.4 cm³/mol. The number of carboxylic acids is 1. The van der Waals surface area contributed by atoms with E-state index in [9.17, 15) is 10.0 Å². The van der Waals surface area contributed by atoms with Gasteiger partial charge in [0.25, 0.3) is 0 Å². The molecule has 0 saturated heterocycles. The lowest BCUT2D eigenvalue weighted by molar-refractivity contribution is -0.451. The Morgan fingerprint density at radius 2 is 2.07 bits per heavy atom. The van der Waals surface area contributed by atoms with Crippen LogP contribution in [0.4, 0.5) is 0 Å². The highest BCUT2D eigenvalue weighted by Crippen LogP contribution is 1.94. The minimum absolute atomic E-state index is 0.0236. The SMILES string of the molecule is O=C(O)CC/[N+]([O-])=C/c1ccccc1. The Balaban J connectivity index is 2.56. The maximum atomic E-state index is 11.1. The van der Waals surface area contributed by atoms with Gasteiger partial charge in [-0.15, -0.1) is 0 Å². The second-order valence-corrected chi connectivity index (χ2v) is 2.82. The van der Waals surface area contributed by atoms with Crippen LogP contribution in [0, 0.1) is 5.21 Å². The van der Waals surface area contributed by atoms with Gasteiger partial charge in [0.05, 0.1) is 0 Å². The van der Waals surface area contributed by atoms with E-state index in [1.54, 1.807) is 12.1 Å². The monoisotopic (exact) mass is 193 g/mol. The van der Waals surface area contributed by atoms with Crippen molar-refractivity contribution < 1.29 is 14.6 Å². The minimum Gasteiger partial charge on any atom is -0.624 e. The van der Waals surface area contributed by atoms with Crippen LogP contribution in [0.25, 0.3) is 0 Å². The van der Waals surface area contributed by atoms with Crippen LogP contribution < -0.4 is 0 Å². The summed E-state index contributed by atoms with van der Waals surface area (Å²) in [6.07, 6.45) is 1.23. The molecule has 74 valence electrons. The fourth-order valence-electron chi connectivity index (χ4n) is 0.976. The zero-order valence-corrected chi connectivity index (χ0v) is 7.59. The summed E-state index contributed by atoms with van der Waals surface area (Å²) in [4.78, 5) is 10.2. The second-order valence-electron chi connectivity index (χ2n) is 2.82. The van der Waals surface area contributed by atoms with Crippen LogP contribution in [-0.2, 0) is 4.79 Å². The number of benzene rings is 1. The molecule has 0 aliphatic carbocycles. The molecule has 1 aromatic rings. The summed E-state index contributed by atoms with van der Waals surface area (Å²) in [5.74, 6) is -0.965. The number of hydroxylamine groups is 1. The van der Waals surface area contributed by atoms with Gasteiger partial charge in [-0.1, -0.05) is 18.2 Å². The molecule has 0 aromatic heterocycles. The molecule has 4 heteroatoms. The molecule has 14 heavy (non-hydrogen) atoms. The van der Waals surface area contributed by atoms with E-state index in [-0.39, 0.29) is 13.0 Å². The van der Waals surface area contributed by atoms with E-state index in [1.165, 1.54) is 6.21 Å². The summed E-state index contributed by atoms with van der Waals surface area (Å²) in [6.45, 7) is -0.0236. The highest BCUT2D eigenvalue weighted by molar-refractivity contribution is 5.75. The molecular formula is C10H11NO3. The minimum atomic E-state index is -0.965. The molecule has 1 N–H and O–H groups in total. The van der Waals surface area contributed by atoms with Gasteiger partial charge in [-0.2, -0.15) is 0 Å². The molecule has 0 bridgehead atoms. The third-order valence-corrected chi connectivity index (χ3v) is 1.64. The first-order chi connectivity index (χ1) is 6.68. The van der Waals surface area contributed by atoms with Crippen molar-refractivity contribution in [3.8, 4) is 0 Å². The lowest BCUT2D eigenvalue weighted by atomic mass is 10.2. The van der Waals surface area contributed by atoms with Crippen LogP contribution in [0.2, 0.25) is 0 Å². The zero-order valence-electron chi connectivity index (χ0n) is 7.59. The third kappa shape index (κ3) is 3.71. The molecule has 0 atom stereocenters. The van der Waals surface area contributed by atoms with Crippen LogP contribution in [0.5, 0.6) is 0 Å². The van der Waals surface area contributed by atoms with Gasteiger partial charge in [-0.3, -0.25) is 4.79 Å². The highest BCUT2D eigenvalue weighted by Gasteiger charge is 2.00. The Hall–Kier alpha value is -1.84. The van der Waals surface area contributed by atoms with Gasteiger partial charge in [0.1, 0.15) is 6.42 Å². The molecule has 0 fully saturated rings. The first kappa shape index (κ1) is 10.2. The van der Waals surface area contributed by atoms with Crippen LogP contribution in [-0.4, -0.2) is 28.6 Å². The van der Waals surface area contributed by atoms with Crippen LogP contribution in [0.3, 0.4) is 0 Å². The molecule has 0 amide bonds. The fourth-order valence-corrected chi connectivity index (χ4v) is 0.976. The summed E-state index contributed by atoms with van der Waals surface area (Å²) in [7, 11) is 0. The standard InChI is InChI=1S/C10H11NO3/c12-10(13)6-7-11(14)8-9-4-2-1-3-5-9/h1-5,8H,6-7H2,(H,12,13)/b11-8-. The van der Waals surface area contributed by atoms with E-state index in [4.69, 9.17) is 5.11 Å². The van der Waals surface area contributed by atoms with E-state index in [1.807, 2.05) is 18.2 Å². The van der Waals surface area contributed by atoms with Gasteiger partial charge >= 0.3 is 5.97 Å². The molecule has 0 aliphatic heterocycles. The molecular weight excluding hydrogens is 182 g/mol. The summed E-state index contributed by atoms with van der Waals surface area (Å²) in [5, 5.41) is 19.5. The average Bonchev–Trinajstić information content (AvgIpc) is 2.16. The zero-order chi connectivity index (χ0) is 10.4.